The van der Waals surface area contributed by atoms with E-state index in [-0.39, 0.29) is 23.3 Å². The van der Waals surface area contributed by atoms with Crippen LogP contribution in [0.1, 0.15) is 38.3 Å². The predicted molar refractivity (Wildman–Crippen MR) is 151 cm³/mol. The van der Waals surface area contributed by atoms with Gasteiger partial charge in [0.25, 0.3) is 10.0 Å². The minimum absolute atomic E-state index is 0.0137. The molecule has 3 rings (SSSR count). The van der Waals surface area contributed by atoms with Crippen molar-refractivity contribution < 1.29 is 22.4 Å². The van der Waals surface area contributed by atoms with E-state index in [0.29, 0.717) is 24.2 Å². The first kappa shape index (κ1) is 29.8. The molecule has 0 saturated carbocycles. The average molecular weight is 554 g/mol. The molecule has 2 amide bonds. The van der Waals surface area contributed by atoms with Gasteiger partial charge in [0, 0.05) is 13.1 Å². The number of nitrogens with one attached hydrogen (secondary N) is 1. The maximum absolute atomic E-state index is 14.0. The second-order valence-electron chi connectivity index (χ2n) is 9.87. The summed E-state index contributed by atoms with van der Waals surface area (Å²) >= 11 is 0. The van der Waals surface area contributed by atoms with Crippen LogP contribution in [-0.4, -0.2) is 44.3 Å². The second kappa shape index (κ2) is 13.4. The molecule has 0 bridgehead atoms. The van der Waals surface area contributed by atoms with Gasteiger partial charge in [-0.05, 0) is 61.2 Å². The van der Waals surface area contributed by atoms with Gasteiger partial charge in [0.05, 0.1) is 10.6 Å². The summed E-state index contributed by atoms with van der Waals surface area (Å²) in [5.41, 5.74) is 1.89. The van der Waals surface area contributed by atoms with Gasteiger partial charge in [0.15, 0.2) is 0 Å². The Morgan fingerprint density at radius 1 is 0.923 bits per heavy atom. The molecule has 1 atom stereocenters. The van der Waals surface area contributed by atoms with Crippen LogP contribution in [0.5, 0.6) is 0 Å². The fourth-order valence-electron chi connectivity index (χ4n) is 4.09. The number of amides is 2. The maximum atomic E-state index is 14.0. The molecule has 3 aromatic rings. The van der Waals surface area contributed by atoms with Crippen molar-refractivity contribution in [3.05, 3.63) is 95.8 Å². The van der Waals surface area contributed by atoms with Crippen LogP contribution in [0.4, 0.5) is 10.1 Å². The summed E-state index contributed by atoms with van der Waals surface area (Å²) in [6, 6.07) is 19.6. The van der Waals surface area contributed by atoms with Crippen molar-refractivity contribution in [3.63, 3.8) is 0 Å². The van der Waals surface area contributed by atoms with Gasteiger partial charge in [0.2, 0.25) is 11.8 Å². The molecule has 7 nitrogen and oxygen atoms in total. The third-order valence-electron chi connectivity index (χ3n) is 6.27. The zero-order valence-corrected chi connectivity index (χ0v) is 23.6. The van der Waals surface area contributed by atoms with Gasteiger partial charge in [-0.2, -0.15) is 0 Å². The Balaban J connectivity index is 2.02. The van der Waals surface area contributed by atoms with Crippen molar-refractivity contribution in [1.29, 1.82) is 0 Å². The van der Waals surface area contributed by atoms with Crippen LogP contribution >= 0.6 is 0 Å². The van der Waals surface area contributed by atoms with E-state index in [1.54, 1.807) is 61.5 Å². The average Bonchev–Trinajstić information content (AvgIpc) is 2.92. The van der Waals surface area contributed by atoms with Crippen LogP contribution < -0.4 is 9.62 Å². The fraction of sp³-hybridized carbons (Fsp3) is 0.333. The number of benzene rings is 3. The number of rotatable bonds is 12. The van der Waals surface area contributed by atoms with Crippen LogP contribution in [0.2, 0.25) is 0 Å². The molecular weight excluding hydrogens is 517 g/mol. The van der Waals surface area contributed by atoms with Crippen molar-refractivity contribution in [1.82, 2.24) is 10.2 Å². The minimum atomic E-state index is -4.11. The van der Waals surface area contributed by atoms with Crippen LogP contribution in [0.3, 0.4) is 0 Å². The zero-order chi connectivity index (χ0) is 28.6. The first-order chi connectivity index (χ1) is 18.5. The molecule has 1 N–H and O–H groups in total. The Morgan fingerprint density at radius 3 is 2.10 bits per heavy atom. The molecule has 39 heavy (non-hydrogen) atoms. The van der Waals surface area contributed by atoms with Crippen LogP contribution in [0, 0.1) is 18.7 Å². The van der Waals surface area contributed by atoms with Crippen molar-refractivity contribution in [2.24, 2.45) is 5.92 Å². The Kier molecular flexibility index (Phi) is 10.2. The van der Waals surface area contributed by atoms with Crippen molar-refractivity contribution in [2.45, 2.75) is 51.6 Å². The maximum Gasteiger partial charge on any atom is 0.264 e. The third-order valence-corrected chi connectivity index (χ3v) is 8.06. The molecule has 3 aromatic carbocycles. The molecular formula is C30H36FN3O4S. The Bertz CT molecular complexity index is 1350. The highest BCUT2D eigenvalue weighted by atomic mass is 32.2. The summed E-state index contributed by atoms with van der Waals surface area (Å²) in [6.45, 7) is 7.55. The minimum Gasteiger partial charge on any atom is -0.354 e. The standard InChI is InChI=1S/C30H36FN3O4S/c1-5-28(30(36)32-19-22(2)3)33(20-24-13-15-25(31)16-14-24)29(35)21-34(26-17-11-23(4)12-18-26)39(37,38)27-9-7-6-8-10-27/h6-18,22,28H,5,19-21H2,1-4H3,(H,32,36)/t28-/m0/s1. The SMILES string of the molecule is CC[C@@H](C(=O)NCC(C)C)N(Cc1ccc(F)cc1)C(=O)CN(c1ccc(C)cc1)S(=O)(=O)c1ccccc1. The van der Waals surface area contributed by atoms with Crippen molar-refractivity contribution >= 4 is 27.5 Å². The van der Waals surface area contributed by atoms with E-state index in [2.05, 4.69) is 5.32 Å². The molecule has 0 radical (unpaired) electrons. The second-order valence-corrected chi connectivity index (χ2v) is 11.7. The van der Waals surface area contributed by atoms with E-state index >= 15 is 0 Å². The van der Waals surface area contributed by atoms with Crippen LogP contribution in [0.25, 0.3) is 0 Å². The number of sulfonamides is 1. The molecule has 0 fully saturated rings. The van der Waals surface area contributed by atoms with Gasteiger partial charge < -0.3 is 10.2 Å². The van der Waals surface area contributed by atoms with Gasteiger partial charge in [-0.25, -0.2) is 12.8 Å². The van der Waals surface area contributed by atoms with Crippen LogP contribution in [0.15, 0.2) is 83.8 Å². The molecule has 0 saturated heterocycles. The molecule has 0 aliphatic carbocycles. The predicted octanol–water partition coefficient (Wildman–Crippen LogP) is 4.91. The highest BCUT2D eigenvalue weighted by Gasteiger charge is 2.33. The number of hydrogen-bond donors (Lipinski definition) is 1. The fourth-order valence-corrected chi connectivity index (χ4v) is 5.52. The molecule has 0 aliphatic rings. The van der Waals surface area contributed by atoms with E-state index in [0.717, 1.165) is 9.87 Å². The summed E-state index contributed by atoms with van der Waals surface area (Å²) in [6.07, 6.45) is 0.312. The first-order valence-electron chi connectivity index (χ1n) is 13.0. The Morgan fingerprint density at radius 2 is 1.54 bits per heavy atom. The molecule has 9 heteroatoms. The number of carbonyl (C=O) groups is 2. The number of halogens is 1. The topological polar surface area (TPSA) is 86.8 Å². The Labute approximate surface area is 230 Å². The number of carbonyl (C=O) groups excluding carboxylic acids is 2. The third kappa shape index (κ3) is 7.89. The normalized spacial score (nSPS) is 12.2. The van der Waals surface area contributed by atoms with E-state index in [1.165, 1.54) is 29.2 Å². The zero-order valence-electron chi connectivity index (χ0n) is 22.8. The van der Waals surface area contributed by atoms with Crippen LogP contribution in [-0.2, 0) is 26.2 Å². The summed E-state index contributed by atoms with van der Waals surface area (Å²) < 4.78 is 42.2. The lowest BCUT2D eigenvalue weighted by Gasteiger charge is -2.33. The summed E-state index contributed by atoms with van der Waals surface area (Å²) in [7, 11) is -4.11. The molecule has 0 spiro atoms. The molecule has 0 aromatic heterocycles. The molecule has 0 aliphatic heterocycles. The van der Waals surface area contributed by atoms with Gasteiger partial charge in [-0.1, -0.05) is 68.8 Å². The lowest BCUT2D eigenvalue weighted by molar-refractivity contribution is -0.140. The summed E-state index contributed by atoms with van der Waals surface area (Å²) in [5.74, 6) is -1.08. The highest BCUT2D eigenvalue weighted by Crippen LogP contribution is 2.25. The van der Waals surface area contributed by atoms with E-state index < -0.39 is 34.3 Å². The van der Waals surface area contributed by atoms with Crippen molar-refractivity contribution in [2.75, 3.05) is 17.4 Å². The largest absolute Gasteiger partial charge is 0.354 e. The van der Waals surface area contributed by atoms with Gasteiger partial charge >= 0.3 is 0 Å². The first-order valence-corrected chi connectivity index (χ1v) is 14.4. The summed E-state index contributed by atoms with van der Waals surface area (Å²) in [4.78, 5) is 28.6. The molecule has 208 valence electrons. The number of anilines is 1. The quantitative estimate of drug-likeness (QED) is 0.345. The molecule has 0 unspecified atom stereocenters. The lowest BCUT2D eigenvalue weighted by Crippen LogP contribution is -2.52. The number of nitrogens with zero attached hydrogens (tertiary/aromatic N) is 2. The van der Waals surface area contributed by atoms with Gasteiger partial charge in [-0.15, -0.1) is 0 Å². The lowest BCUT2D eigenvalue weighted by atomic mass is 10.1. The van der Waals surface area contributed by atoms with E-state index in [1.807, 2.05) is 20.8 Å². The van der Waals surface area contributed by atoms with E-state index in [9.17, 15) is 22.4 Å². The number of hydrogen-bond acceptors (Lipinski definition) is 4. The monoisotopic (exact) mass is 553 g/mol. The smallest absolute Gasteiger partial charge is 0.264 e. The van der Waals surface area contributed by atoms with E-state index in [4.69, 9.17) is 0 Å². The van der Waals surface area contributed by atoms with Gasteiger partial charge in [-0.3, -0.25) is 13.9 Å². The van der Waals surface area contributed by atoms with Crippen molar-refractivity contribution in [3.8, 4) is 0 Å². The Hall–Kier alpha value is -3.72. The number of aryl methyl sites for hydroxylation is 1. The summed E-state index contributed by atoms with van der Waals surface area (Å²) in [5, 5.41) is 2.89. The molecule has 0 heterocycles. The highest BCUT2D eigenvalue weighted by molar-refractivity contribution is 7.92. The van der Waals surface area contributed by atoms with Gasteiger partial charge in [0.1, 0.15) is 18.4 Å².